The number of aliphatic carboxylic acids is 1. The van der Waals surface area contributed by atoms with Gasteiger partial charge in [-0.1, -0.05) is 6.07 Å². The largest absolute Gasteiger partial charge is 0.481 e. The standard InChI is InChI=1S/C13H15FO4S/c1-13(2,12(15)16)7-8-6-9-10(14)4-3-5-11(9)19(8,17)18/h3-5,8H,6-7H2,1-2H3,(H,15,16). The molecule has 1 aromatic rings. The van der Waals surface area contributed by atoms with Crippen molar-refractivity contribution in [1.29, 1.82) is 0 Å². The highest BCUT2D eigenvalue weighted by Gasteiger charge is 2.43. The third-order valence-corrected chi connectivity index (χ3v) is 5.78. The van der Waals surface area contributed by atoms with Gasteiger partial charge in [-0.05, 0) is 38.8 Å². The van der Waals surface area contributed by atoms with Gasteiger partial charge in [-0.2, -0.15) is 0 Å². The quantitative estimate of drug-likeness (QED) is 0.922. The van der Waals surface area contributed by atoms with E-state index in [2.05, 4.69) is 0 Å². The Bertz CT molecular complexity index is 634. The van der Waals surface area contributed by atoms with E-state index in [-0.39, 0.29) is 23.3 Å². The van der Waals surface area contributed by atoms with E-state index in [1.165, 1.54) is 32.0 Å². The Morgan fingerprint density at radius 2 is 2.11 bits per heavy atom. The Balaban J connectivity index is 2.40. The lowest BCUT2D eigenvalue weighted by molar-refractivity contribution is -0.147. The van der Waals surface area contributed by atoms with Crippen LogP contribution in [0.25, 0.3) is 0 Å². The van der Waals surface area contributed by atoms with Gasteiger partial charge < -0.3 is 5.11 Å². The molecule has 0 radical (unpaired) electrons. The van der Waals surface area contributed by atoms with Crippen LogP contribution < -0.4 is 0 Å². The van der Waals surface area contributed by atoms with Crippen molar-refractivity contribution in [2.75, 3.05) is 0 Å². The molecule has 104 valence electrons. The zero-order valence-corrected chi connectivity index (χ0v) is 11.5. The van der Waals surface area contributed by atoms with Crippen LogP contribution in [-0.2, 0) is 21.1 Å². The minimum atomic E-state index is -3.64. The van der Waals surface area contributed by atoms with E-state index >= 15 is 0 Å². The lowest BCUT2D eigenvalue weighted by atomic mass is 9.86. The molecule has 0 amide bonds. The van der Waals surface area contributed by atoms with Gasteiger partial charge in [-0.3, -0.25) is 4.79 Å². The van der Waals surface area contributed by atoms with Gasteiger partial charge in [0.25, 0.3) is 0 Å². The number of rotatable bonds is 3. The van der Waals surface area contributed by atoms with Gasteiger partial charge in [0, 0.05) is 5.56 Å². The molecule has 0 aliphatic carbocycles. The Labute approximate surface area is 111 Å². The van der Waals surface area contributed by atoms with E-state index < -0.39 is 32.3 Å². The second-order valence-corrected chi connectivity index (χ2v) is 7.68. The topological polar surface area (TPSA) is 71.4 Å². The monoisotopic (exact) mass is 286 g/mol. The van der Waals surface area contributed by atoms with Gasteiger partial charge in [-0.15, -0.1) is 0 Å². The van der Waals surface area contributed by atoms with Gasteiger partial charge in [0.05, 0.1) is 15.6 Å². The van der Waals surface area contributed by atoms with Crippen LogP contribution in [0.2, 0.25) is 0 Å². The van der Waals surface area contributed by atoms with E-state index in [4.69, 9.17) is 5.11 Å². The van der Waals surface area contributed by atoms with Crippen molar-refractivity contribution in [2.24, 2.45) is 5.41 Å². The smallest absolute Gasteiger partial charge is 0.309 e. The maximum atomic E-state index is 13.6. The summed E-state index contributed by atoms with van der Waals surface area (Å²) in [7, 11) is -3.64. The van der Waals surface area contributed by atoms with Gasteiger partial charge in [0.2, 0.25) is 0 Å². The molecular formula is C13H15FO4S. The maximum absolute atomic E-state index is 13.6. The van der Waals surface area contributed by atoms with Crippen LogP contribution in [0.1, 0.15) is 25.8 Å². The summed E-state index contributed by atoms with van der Waals surface area (Å²) in [6.07, 6.45) is 0.0137. The highest BCUT2D eigenvalue weighted by atomic mass is 32.2. The molecule has 0 saturated heterocycles. The number of fused-ring (bicyclic) bond motifs is 1. The summed E-state index contributed by atoms with van der Waals surface area (Å²) in [6, 6.07) is 3.96. The Morgan fingerprint density at radius 3 is 2.63 bits per heavy atom. The molecule has 1 aromatic carbocycles. The van der Waals surface area contributed by atoms with Crippen LogP contribution in [0.4, 0.5) is 4.39 Å². The number of carboxylic acids is 1. The van der Waals surface area contributed by atoms with Gasteiger partial charge in [0.15, 0.2) is 9.84 Å². The minimum absolute atomic E-state index is 0.00121. The van der Waals surface area contributed by atoms with E-state index in [9.17, 15) is 17.6 Å². The highest BCUT2D eigenvalue weighted by Crippen LogP contribution is 2.38. The summed E-state index contributed by atoms with van der Waals surface area (Å²) >= 11 is 0. The van der Waals surface area contributed by atoms with Crippen LogP contribution in [0, 0.1) is 11.2 Å². The number of benzene rings is 1. The van der Waals surface area contributed by atoms with Crippen molar-refractivity contribution in [1.82, 2.24) is 0 Å². The Kier molecular flexibility index (Phi) is 3.16. The second-order valence-electron chi connectivity index (χ2n) is 5.48. The number of halogens is 1. The van der Waals surface area contributed by atoms with Crippen LogP contribution in [0.5, 0.6) is 0 Å². The highest BCUT2D eigenvalue weighted by molar-refractivity contribution is 7.92. The van der Waals surface area contributed by atoms with Crippen LogP contribution >= 0.6 is 0 Å². The van der Waals surface area contributed by atoms with Crippen molar-refractivity contribution in [3.8, 4) is 0 Å². The van der Waals surface area contributed by atoms with Crippen LogP contribution in [-0.4, -0.2) is 24.7 Å². The molecule has 6 heteroatoms. The van der Waals surface area contributed by atoms with Gasteiger partial charge in [-0.25, -0.2) is 12.8 Å². The zero-order chi connectivity index (χ0) is 14.4. The first-order valence-electron chi connectivity index (χ1n) is 5.91. The molecule has 0 aromatic heterocycles. The van der Waals surface area contributed by atoms with E-state index in [0.29, 0.717) is 0 Å². The molecule has 1 aliphatic rings. The first-order chi connectivity index (χ1) is 8.66. The van der Waals surface area contributed by atoms with E-state index in [1.54, 1.807) is 0 Å². The summed E-state index contributed by atoms with van der Waals surface area (Å²) in [5.41, 5.74) is -0.982. The SMILES string of the molecule is CC(C)(CC1Cc2c(F)cccc2S1(=O)=O)C(=O)O. The summed E-state index contributed by atoms with van der Waals surface area (Å²) < 4.78 is 38.2. The van der Waals surface area contributed by atoms with Crippen LogP contribution in [0.15, 0.2) is 23.1 Å². The predicted octanol–water partition coefficient (Wildman–Crippen LogP) is 2.02. The van der Waals surface area contributed by atoms with Crippen molar-refractivity contribution in [2.45, 2.75) is 36.8 Å². The first-order valence-corrected chi connectivity index (χ1v) is 7.45. The number of carboxylic acid groups (broad SMARTS) is 1. The van der Waals surface area contributed by atoms with Crippen molar-refractivity contribution < 1.29 is 22.7 Å². The first kappa shape index (κ1) is 14.0. The molecule has 0 saturated carbocycles. The molecule has 1 aliphatic heterocycles. The molecule has 1 N–H and O–H groups in total. The molecule has 0 spiro atoms. The third-order valence-electron chi connectivity index (χ3n) is 3.57. The molecule has 1 unspecified atom stereocenters. The molecule has 19 heavy (non-hydrogen) atoms. The Hall–Kier alpha value is -1.43. The third kappa shape index (κ3) is 2.25. The molecule has 0 bridgehead atoms. The molecule has 4 nitrogen and oxygen atoms in total. The average Bonchev–Trinajstić information content (AvgIpc) is 2.53. The lowest BCUT2D eigenvalue weighted by Crippen LogP contribution is -2.31. The summed E-state index contributed by atoms with van der Waals surface area (Å²) in [4.78, 5) is 11.1. The maximum Gasteiger partial charge on any atom is 0.309 e. The van der Waals surface area contributed by atoms with Crippen LogP contribution in [0.3, 0.4) is 0 Å². The number of hydrogen-bond acceptors (Lipinski definition) is 3. The summed E-state index contributed by atoms with van der Waals surface area (Å²) in [5, 5.41) is 8.20. The summed E-state index contributed by atoms with van der Waals surface area (Å²) in [5.74, 6) is -1.60. The molecule has 1 heterocycles. The fourth-order valence-corrected chi connectivity index (χ4v) is 4.53. The molecular weight excluding hydrogens is 271 g/mol. The fourth-order valence-electron chi connectivity index (χ4n) is 2.36. The summed E-state index contributed by atoms with van der Waals surface area (Å²) in [6.45, 7) is 2.95. The van der Waals surface area contributed by atoms with E-state index in [0.717, 1.165) is 0 Å². The number of carbonyl (C=O) groups is 1. The van der Waals surface area contributed by atoms with Crippen molar-refractivity contribution in [3.63, 3.8) is 0 Å². The Morgan fingerprint density at radius 1 is 1.47 bits per heavy atom. The number of sulfone groups is 1. The molecule has 1 atom stereocenters. The predicted molar refractivity (Wildman–Crippen MR) is 67.1 cm³/mol. The number of hydrogen-bond donors (Lipinski definition) is 1. The van der Waals surface area contributed by atoms with E-state index in [1.807, 2.05) is 0 Å². The molecule has 2 rings (SSSR count). The molecule has 0 fully saturated rings. The minimum Gasteiger partial charge on any atom is -0.481 e. The zero-order valence-electron chi connectivity index (χ0n) is 10.7. The van der Waals surface area contributed by atoms with Gasteiger partial charge in [0.1, 0.15) is 5.82 Å². The second kappa shape index (κ2) is 4.30. The normalized spacial score (nSPS) is 21.1. The van der Waals surface area contributed by atoms with Crippen molar-refractivity contribution in [3.05, 3.63) is 29.6 Å². The van der Waals surface area contributed by atoms with Gasteiger partial charge >= 0.3 is 5.97 Å². The average molecular weight is 286 g/mol. The lowest BCUT2D eigenvalue weighted by Gasteiger charge is -2.22. The van der Waals surface area contributed by atoms with Crippen molar-refractivity contribution >= 4 is 15.8 Å². The fraction of sp³-hybridized carbons (Fsp3) is 0.462.